The van der Waals surface area contributed by atoms with Gasteiger partial charge in [0.1, 0.15) is 11.3 Å². The zero-order chi connectivity index (χ0) is 18.0. The highest BCUT2D eigenvalue weighted by Crippen LogP contribution is 2.18. The van der Waals surface area contributed by atoms with Crippen LogP contribution in [-0.2, 0) is 24.2 Å². The van der Waals surface area contributed by atoms with Crippen molar-refractivity contribution in [3.05, 3.63) is 57.1 Å². The second kappa shape index (κ2) is 6.88. The fourth-order valence-electron chi connectivity index (χ4n) is 2.65. The monoisotopic (exact) mass is 340 g/mol. The van der Waals surface area contributed by atoms with Crippen LogP contribution in [0.1, 0.15) is 35.5 Å². The second-order valence-electron chi connectivity index (χ2n) is 5.91. The topological polar surface area (TPSA) is 101 Å². The van der Waals surface area contributed by atoms with E-state index in [9.17, 15) is 9.59 Å². The standard InChI is InChI=1S/C18H20N4O3/c1-4-14-20-11(3)12(18(24)21-14)8-15(23)19-9-16-22-17-10(2)6-5-7-13(17)25-16/h5-7H,4,8-9H2,1-3H3,(H,19,23)(H,20,21,24). The molecule has 0 radical (unpaired) electrons. The largest absolute Gasteiger partial charge is 0.439 e. The van der Waals surface area contributed by atoms with Crippen molar-refractivity contribution in [2.75, 3.05) is 0 Å². The predicted octanol–water partition coefficient (Wildman–Crippen LogP) is 1.95. The molecule has 0 unspecified atom stereocenters. The summed E-state index contributed by atoms with van der Waals surface area (Å²) in [6.45, 7) is 5.77. The van der Waals surface area contributed by atoms with Crippen molar-refractivity contribution in [1.82, 2.24) is 20.3 Å². The van der Waals surface area contributed by atoms with Crippen molar-refractivity contribution < 1.29 is 9.21 Å². The number of benzene rings is 1. The summed E-state index contributed by atoms with van der Waals surface area (Å²) in [6, 6.07) is 5.69. The van der Waals surface area contributed by atoms with Gasteiger partial charge in [0.05, 0.1) is 13.0 Å². The molecule has 3 rings (SSSR count). The summed E-state index contributed by atoms with van der Waals surface area (Å²) in [4.78, 5) is 35.6. The number of carbonyl (C=O) groups excluding carboxylic acids is 1. The summed E-state index contributed by atoms with van der Waals surface area (Å²) < 4.78 is 5.62. The second-order valence-corrected chi connectivity index (χ2v) is 5.91. The van der Waals surface area contributed by atoms with Crippen LogP contribution in [0.4, 0.5) is 0 Å². The molecule has 2 N–H and O–H groups in total. The summed E-state index contributed by atoms with van der Waals surface area (Å²) >= 11 is 0. The number of hydrogen-bond donors (Lipinski definition) is 2. The summed E-state index contributed by atoms with van der Waals surface area (Å²) in [6.07, 6.45) is 0.608. The summed E-state index contributed by atoms with van der Waals surface area (Å²) in [7, 11) is 0. The minimum absolute atomic E-state index is 0.0303. The third-order valence-electron chi connectivity index (χ3n) is 4.05. The molecule has 25 heavy (non-hydrogen) atoms. The van der Waals surface area contributed by atoms with Crippen molar-refractivity contribution in [3.8, 4) is 0 Å². The van der Waals surface area contributed by atoms with Gasteiger partial charge in [-0.25, -0.2) is 9.97 Å². The Bertz CT molecular complexity index is 988. The maximum Gasteiger partial charge on any atom is 0.254 e. The molecule has 3 aromatic rings. The van der Waals surface area contributed by atoms with Crippen LogP contribution >= 0.6 is 0 Å². The van der Waals surface area contributed by atoms with E-state index in [0.717, 1.165) is 11.1 Å². The molecule has 2 heterocycles. The number of carbonyl (C=O) groups is 1. The van der Waals surface area contributed by atoms with Crippen LogP contribution in [0.2, 0.25) is 0 Å². The van der Waals surface area contributed by atoms with Gasteiger partial charge in [-0.15, -0.1) is 0 Å². The maximum atomic E-state index is 12.2. The van der Waals surface area contributed by atoms with Gasteiger partial charge >= 0.3 is 0 Å². The molecule has 0 saturated carbocycles. The number of rotatable bonds is 5. The molecule has 2 aromatic heterocycles. The van der Waals surface area contributed by atoms with Crippen LogP contribution in [0, 0.1) is 13.8 Å². The van der Waals surface area contributed by atoms with E-state index in [1.807, 2.05) is 32.0 Å². The minimum atomic E-state index is -0.279. The molecule has 0 aliphatic carbocycles. The van der Waals surface area contributed by atoms with Crippen LogP contribution in [0.3, 0.4) is 0 Å². The van der Waals surface area contributed by atoms with E-state index in [1.165, 1.54) is 0 Å². The third kappa shape index (κ3) is 3.60. The Morgan fingerprint density at radius 3 is 2.76 bits per heavy atom. The first-order chi connectivity index (χ1) is 12.0. The van der Waals surface area contributed by atoms with Gasteiger partial charge < -0.3 is 14.7 Å². The molecule has 0 bridgehead atoms. The number of aromatic nitrogens is 3. The molecular formula is C18H20N4O3. The zero-order valence-electron chi connectivity index (χ0n) is 14.5. The number of para-hydroxylation sites is 1. The van der Waals surface area contributed by atoms with E-state index < -0.39 is 0 Å². The average molecular weight is 340 g/mol. The Morgan fingerprint density at radius 2 is 2.08 bits per heavy atom. The minimum Gasteiger partial charge on any atom is -0.439 e. The molecule has 7 nitrogen and oxygen atoms in total. The SMILES string of the molecule is CCc1nc(C)c(CC(=O)NCc2nc3c(C)cccc3o2)c(=O)[nH]1. The molecular weight excluding hydrogens is 320 g/mol. The number of H-pyrrole nitrogens is 1. The molecule has 130 valence electrons. The summed E-state index contributed by atoms with van der Waals surface area (Å²) in [5.41, 5.74) is 3.19. The fourth-order valence-corrected chi connectivity index (χ4v) is 2.65. The first kappa shape index (κ1) is 16.9. The Balaban J connectivity index is 1.68. The van der Waals surface area contributed by atoms with Crippen molar-refractivity contribution in [1.29, 1.82) is 0 Å². The number of fused-ring (bicyclic) bond motifs is 1. The molecule has 0 aliphatic rings. The molecule has 0 spiro atoms. The quantitative estimate of drug-likeness (QED) is 0.739. The lowest BCUT2D eigenvalue weighted by molar-refractivity contribution is -0.120. The Kier molecular flexibility index (Phi) is 4.65. The van der Waals surface area contributed by atoms with Crippen LogP contribution in [0.25, 0.3) is 11.1 Å². The lowest BCUT2D eigenvalue weighted by Crippen LogP contribution is -2.29. The lowest BCUT2D eigenvalue weighted by atomic mass is 10.1. The molecule has 1 amide bonds. The Hall–Kier alpha value is -2.96. The first-order valence-electron chi connectivity index (χ1n) is 8.18. The van der Waals surface area contributed by atoms with Crippen molar-refractivity contribution in [3.63, 3.8) is 0 Å². The highest BCUT2D eigenvalue weighted by atomic mass is 16.3. The molecule has 0 fully saturated rings. The molecule has 0 saturated heterocycles. The van der Waals surface area contributed by atoms with Gasteiger partial charge in [0.2, 0.25) is 11.8 Å². The van der Waals surface area contributed by atoms with E-state index in [4.69, 9.17) is 4.42 Å². The van der Waals surface area contributed by atoms with Crippen LogP contribution in [0.15, 0.2) is 27.4 Å². The first-order valence-corrected chi connectivity index (χ1v) is 8.18. The Morgan fingerprint density at radius 1 is 1.28 bits per heavy atom. The Labute approximate surface area is 144 Å². The zero-order valence-corrected chi connectivity index (χ0v) is 14.5. The fraction of sp³-hybridized carbons (Fsp3) is 0.333. The summed E-state index contributed by atoms with van der Waals surface area (Å²) in [5, 5.41) is 2.74. The number of amides is 1. The van der Waals surface area contributed by atoms with E-state index in [0.29, 0.717) is 35.0 Å². The van der Waals surface area contributed by atoms with Gasteiger partial charge in [0, 0.05) is 17.7 Å². The van der Waals surface area contributed by atoms with Crippen LogP contribution < -0.4 is 10.9 Å². The van der Waals surface area contributed by atoms with Gasteiger partial charge in [-0.3, -0.25) is 9.59 Å². The van der Waals surface area contributed by atoms with Gasteiger partial charge in [-0.05, 0) is 25.5 Å². The van der Waals surface area contributed by atoms with E-state index in [2.05, 4.69) is 20.3 Å². The third-order valence-corrected chi connectivity index (χ3v) is 4.05. The van der Waals surface area contributed by atoms with Crippen molar-refractivity contribution >= 4 is 17.0 Å². The van der Waals surface area contributed by atoms with Crippen LogP contribution in [0.5, 0.6) is 0 Å². The van der Waals surface area contributed by atoms with Crippen molar-refractivity contribution in [2.24, 2.45) is 0 Å². The number of oxazole rings is 1. The maximum absolute atomic E-state index is 12.2. The van der Waals surface area contributed by atoms with E-state index in [1.54, 1.807) is 6.92 Å². The number of nitrogens with one attached hydrogen (secondary N) is 2. The molecule has 1 aromatic carbocycles. The normalized spacial score (nSPS) is 11.0. The highest BCUT2D eigenvalue weighted by molar-refractivity contribution is 5.79. The van der Waals surface area contributed by atoms with Gasteiger partial charge in [0.25, 0.3) is 5.56 Å². The molecule has 0 atom stereocenters. The van der Waals surface area contributed by atoms with E-state index >= 15 is 0 Å². The number of hydrogen-bond acceptors (Lipinski definition) is 5. The number of nitrogens with zero attached hydrogens (tertiary/aromatic N) is 2. The van der Waals surface area contributed by atoms with Crippen LogP contribution in [-0.4, -0.2) is 20.9 Å². The molecule has 0 aliphatic heterocycles. The highest BCUT2D eigenvalue weighted by Gasteiger charge is 2.14. The van der Waals surface area contributed by atoms with Gasteiger partial charge in [-0.2, -0.15) is 0 Å². The molecule has 7 heteroatoms. The predicted molar refractivity (Wildman–Crippen MR) is 93.3 cm³/mol. The average Bonchev–Trinajstić information content (AvgIpc) is 3.00. The smallest absolute Gasteiger partial charge is 0.254 e. The summed E-state index contributed by atoms with van der Waals surface area (Å²) in [5.74, 6) is 0.773. The van der Waals surface area contributed by atoms with Gasteiger partial charge in [0.15, 0.2) is 5.58 Å². The van der Waals surface area contributed by atoms with E-state index in [-0.39, 0.29) is 24.4 Å². The van der Waals surface area contributed by atoms with Gasteiger partial charge in [-0.1, -0.05) is 19.1 Å². The van der Waals surface area contributed by atoms with Crippen molar-refractivity contribution in [2.45, 2.75) is 40.2 Å². The number of aromatic amines is 1. The lowest BCUT2D eigenvalue weighted by Gasteiger charge is -2.06. The number of aryl methyl sites for hydroxylation is 3.